The first kappa shape index (κ1) is 10.0. The minimum Gasteiger partial charge on any atom is -0.228 e. The van der Waals surface area contributed by atoms with Crippen LogP contribution >= 0.6 is 11.6 Å². The molecule has 0 unspecified atom stereocenters. The molecular formula is C13H6ClN3. The lowest BCUT2D eigenvalue weighted by atomic mass is 10.1. The van der Waals surface area contributed by atoms with Crippen LogP contribution in [0.1, 0.15) is 5.56 Å². The van der Waals surface area contributed by atoms with Gasteiger partial charge in [-0.3, -0.25) is 0 Å². The molecule has 0 fully saturated rings. The molecule has 0 spiro atoms. The minimum absolute atomic E-state index is 0.201. The number of nitrogens with zero attached hydrogens (tertiary/aromatic N) is 3. The average molecular weight is 240 g/mol. The zero-order valence-corrected chi connectivity index (χ0v) is 9.44. The summed E-state index contributed by atoms with van der Waals surface area (Å²) in [5.41, 5.74) is 2.78. The van der Waals surface area contributed by atoms with E-state index in [4.69, 9.17) is 16.9 Å². The first-order valence-corrected chi connectivity index (χ1v) is 5.42. The maximum absolute atomic E-state index is 8.94. The Morgan fingerprint density at radius 1 is 1.12 bits per heavy atom. The molecule has 0 amide bonds. The van der Waals surface area contributed by atoms with Crippen molar-refractivity contribution in [2.24, 2.45) is 0 Å². The van der Waals surface area contributed by atoms with Crippen LogP contribution in [0.2, 0.25) is 5.15 Å². The molecule has 0 atom stereocenters. The highest BCUT2D eigenvalue weighted by molar-refractivity contribution is 6.31. The van der Waals surface area contributed by atoms with Gasteiger partial charge in [-0.15, -0.1) is 0 Å². The first-order valence-electron chi connectivity index (χ1n) is 5.05. The summed E-state index contributed by atoms with van der Waals surface area (Å²) < 4.78 is 0. The van der Waals surface area contributed by atoms with Crippen LogP contribution in [0.5, 0.6) is 0 Å². The normalized spacial score (nSPS) is 10.6. The number of fused-ring (bicyclic) bond motifs is 3. The predicted octanol–water partition coefficient (Wildman–Crippen LogP) is 3.26. The third kappa shape index (κ3) is 1.50. The molecule has 0 radical (unpaired) electrons. The maximum atomic E-state index is 8.94. The second-order valence-electron chi connectivity index (χ2n) is 3.63. The summed E-state index contributed by atoms with van der Waals surface area (Å²) in [4.78, 5) is 8.52. The van der Waals surface area contributed by atoms with Crippen molar-refractivity contribution in [1.82, 2.24) is 9.97 Å². The zero-order valence-electron chi connectivity index (χ0n) is 8.68. The SMILES string of the molecule is N#Cc1cc2c3cccccc-3nc2nc1Cl. The minimum atomic E-state index is 0.201. The van der Waals surface area contributed by atoms with Gasteiger partial charge in [-0.25, -0.2) is 9.97 Å². The van der Waals surface area contributed by atoms with E-state index in [1.54, 1.807) is 6.07 Å². The largest absolute Gasteiger partial charge is 0.228 e. The molecule has 2 heterocycles. The number of hydrogen-bond donors (Lipinski definition) is 0. The van der Waals surface area contributed by atoms with Crippen molar-refractivity contribution in [2.45, 2.75) is 0 Å². The standard InChI is InChI=1S/C13H6ClN3/c14-12-8(7-15)6-10-9-4-2-1-3-5-11(9)16-13(10)17-12/h1-6H. The number of rotatable bonds is 0. The van der Waals surface area contributed by atoms with E-state index < -0.39 is 0 Å². The third-order valence-electron chi connectivity index (χ3n) is 2.61. The number of nitriles is 1. The van der Waals surface area contributed by atoms with Gasteiger partial charge in [-0.2, -0.15) is 5.26 Å². The molecule has 4 heteroatoms. The second kappa shape index (κ2) is 3.69. The zero-order chi connectivity index (χ0) is 11.8. The Labute approximate surface area is 103 Å². The molecule has 0 saturated carbocycles. The van der Waals surface area contributed by atoms with Gasteiger partial charge in [0.2, 0.25) is 0 Å². The van der Waals surface area contributed by atoms with Gasteiger partial charge in [-0.1, -0.05) is 35.9 Å². The molecule has 3 nitrogen and oxygen atoms in total. The molecule has 0 N–H and O–H groups in total. The quantitative estimate of drug-likeness (QED) is 0.566. The van der Waals surface area contributed by atoms with Crippen molar-refractivity contribution < 1.29 is 0 Å². The summed E-state index contributed by atoms with van der Waals surface area (Å²) in [5, 5.41) is 10.0. The summed E-state index contributed by atoms with van der Waals surface area (Å²) in [6.07, 6.45) is 0. The van der Waals surface area contributed by atoms with E-state index >= 15 is 0 Å². The van der Waals surface area contributed by atoms with E-state index in [0.717, 1.165) is 16.6 Å². The Balaban J connectivity index is 2.46. The van der Waals surface area contributed by atoms with Crippen molar-refractivity contribution in [2.75, 3.05) is 0 Å². The summed E-state index contributed by atoms with van der Waals surface area (Å²) in [6, 6.07) is 13.4. The molecule has 3 rings (SSSR count). The Morgan fingerprint density at radius 3 is 2.76 bits per heavy atom. The molecule has 0 saturated heterocycles. The number of pyridine rings is 1. The predicted molar refractivity (Wildman–Crippen MR) is 65.9 cm³/mol. The highest BCUT2D eigenvalue weighted by atomic mass is 35.5. The van der Waals surface area contributed by atoms with Gasteiger partial charge in [0.15, 0.2) is 5.65 Å². The molecule has 0 aromatic carbocycles. The van der Waals surface area contributed by atoms with E-state index in [9.17, 15) is 0 Å². The van der Waals surface area contributed by atoms with E-state index in [-0.39, 0.29) is 5.15 Å². The fourth-order valence-electron chi connectivity index (χ4n) is 1.82. The Kier molecular flexibility index (Phi) is 2.17. The average Bonchev–Trinajstić information content (AvgIpc) is 2.50. The van der Waals surface area contributed by atoms with Crippen molar-refractivity contribution in [3.05, 3.63) is 47.1 Å². The fourth-order valence-corrected chi connectivity index (χ4v) is 2.00. The summed E-state index contributed by atoms with van der Waals surface area (Å²) in [6.45, 7) is 0. The summed E-state index contributed by atoms with van der Waals surface area (Å²) in [7, 11) is 0. The Hall–Kier alpha value is -2.18. The van der Waals surface area contributed by atoms with E-state index in [1.807, 2.05) is 36.4 Å². The van der Waals surface area contributed by atoms with Crippen LogP contribution in [0.4, 0.5) is 0 Å². The van der Waals surface area contributed by atoms with Gasteiger partial charge in [0.05, 0.1) is 11.3 Å². The lowest BCUT2D eigenvalue weighted by Gasteiger charge is -1.94. The highest BCUT2D eigenvalue weighted by Gasteiger charge is 2.13. The van der Waals surface area contributed by atoms with Crippen molar-refractivity contribution >= 4 is 22.6 Å². The highest BCUT2D eigenvalue weighted by Crippen LogP contribution is 2.31. The molecule has 17 heavy (non-hydrogen) atoms. The van der Waals surface area contributed by atoms with Crippen molar-refractivity contribution in [3.8, 4) is 17.3 Å². The molecule has 1 aliphatic heterocycles. The number of hydrogen-bond acceptors (Lipinski definition) is 3. The van der Waals surface area contributed by atoms with E-state index in [0.29, 0.717) is 11.2 Å². The molecular weight excluding hydrogens is 234 g/mol. The van der Waals surface area contributed by atoms with Crippen LogP contribution in [0.15, 0.2) is 36.4 Å². The van der Waals surface area contributed by atoms with E-state index in [1.165, 1.54) is 0 Å². The maximum Gasteiger partial charge on any atom is 0.162 e. The van der Waals surface area contributed by atoms with Crippen LogP contribution in [-0.4, -0.2) is 9.97 Å². The molecule has 80 valence electrons. The number of halogens is 1. The topological polar surface area (TPSA) is 49.6 Å². The van der Waals surface area contributed by atoms with Crippen molar-refractivity contribution in [1.29, 1.82) is 5.26 Å². The van der Waals surface area contributed by atoms with Gasteiger partial charge in [0, 0.05) is 10.9 Å². The van der Waals surface area contributed by atoms with Gasteiger partial charge in [-0.05, 0) is 12.1 Å². The Morgan fingerprint density at radius 2 is 1.94 bits per heavy atom. The Bertz CT molecular complexity index is 731. The van der Waals surface area contributed by atoms with Crippen molar-refractivity contribution in [3.63, 3.8) is 0 Å². The smallest absolute Gasteiger partial charge is 0.162 e. The van der Waals surface area contributed by atoms with Crippen LogP contribution in [-0.2, 0) is 0 Å². The molecule has 0 bridgehead atoms. The van der Waals surface area contributed by atoms with Gasteiger partial charge in [0.1, 0.15) is 11.2 Å². The second-order valence-corrected chi connectivity index (χ2v) is 3.99. The van der Waals surface area contributed by atoms with E-state index in [2.05, 4.69) is 9.97 Å². The molecule has 1 aromatic heterocycles. The molecule has 1 aliphatic carbocycles. The van der Waals surface area contributed by atoms with Crippen LogP contribution in [0.25, 0.3) is 22.3 Å². The monoisotopic (exact) mass is 239 g/mol. The fraction of sp³-hybridized carbons (Fsp3) is 0. The summed E-state index contributed by atoms with van der Waals surface area (Å²) >= 11 is 5.88. The lowest BCUT2D eigenvalue weighted by Crippen LogP contribution is -1.83. The molecule has 1 aromatic rings. The molecule has 2 aliphatic rings. The van der Waals surface area contributed by atoms with Gasteiger partial charge in [0.25, 0.3) is 0 Å². The van der Waals surface area contributed by atoms with Crippen LogP contribution < -0.4 is 0 Å². The van der Waals surface area contributed by atoms with Crippen LogP contribution in [0.3, 0.4) is 0 Å². The van der Waals surface area contributed by atoms with Gasteiger partial charge < -0.3 is 0 Å². The first-order chi connectivity index (χ1) is 8.29. The van der Waals surface area contributed by atoms with Gasteiger partial charge >= 0.3 is 0 Å². The third-order valence-corrected chi connectivity index (χ3v) is 2.90. The summed E-state index contributed by atoms with van der Waals surface area (Å²) in [5.74, 6) is 0. The lowest BCUT2D eigenvalue weighted by molar-refractivity contribution is 1.31. The van der Waals surface area contributed by atoms with Crippen LogP contribution in [0, 0.1) is 11.3 Å². The number of aromatic nitrogens is 2.